The van der Waals surface area contributed by atoms with Crippen LogP contribution < -0.4 is 14.8 Å². The zero-order chi connectivity index (χ0) is 17.6. The van der Waals surface area contributed by atoms with Crippen LogP contribution in [0.25, 0.3) is 6.08 Å². The molecule has 1 aliphatic carbocycles. The summed E-state index contributed by atoms with van der Waals surface area (Å²) in [5.41, 5.74) is -0.474. The van der Waals surface area contributed by atoms with Crippen LogP contribution in [0.15, 0.2) is 24.3 Å². The molecule has 0 unspecified atom stereocenters. The van der Waals surface area contributed by atoms with Crippen LogP contribution in [0.4, 0.5) is 0 Å². The lowest BCUT2D eigenvalue weighted by Gasteiger charge is -2.33. The Morgan fingerprint density at radius 1 is 1.17 bits per heavy atom. The van der Waals surface area contributed by atoms with Crippen LogP contribution in [0.2, 0.25) is 0 Å². The summed E-state index contributed by atoms with van der Waals surface area (Å²) in [5.74, 6) is -0.150. The molecule has 2 N–H and O–H groups in total. The lowest BCUT2D eigenvalue weighted by Crippen LogP contribution is -2.55. The van der Waals surface area contributed by atoms with Crippen LogP contribution in [0.1, 0.15) is 37.7 Å². The maximum atomic E-state index is 12.2. The molecule has 1 saturated carbocycles. The minimum atomic E-state index is -1.15. The molecular formula is C18H23NO5. The Labute approximate surface area is 141 Å². The van der Waals surface area contributed by atoms with Gasteiger partial charge in [-0.25, -0.2) is 4.79 Å². The number of carboxylic acids is 1. The average molecular weight is 333 g/mol. The van der Waals surface area contributed by atoms with Crippen molar-refractivity contribution in [1.29, 1.82) is 0 Å². The van der Waals surface area contributed by atoms with Crippen molar-refractivity contribution in [3.63, 3.8) is 0 Å². The summed E-state index contributed by atoms with van der Waals surface area (Å²) in [5, 5.41) is 12.2. The van der Waals surface area contributed by atoms with Gasteiger partial charge in [-0.15, -0.1) is 0 Å². The Morgan fingerprint density at radius 3 is 2.46 bits per heavy atom. The number of nitrogens with one attached hydrogen (secondary N) is 1. The van der Waals surface area contributed by atoms with E-state index in [9.17, 15) is 14.7 Å². The van der Waals surface area contributed by atoms with Crippen LogP contribution in [0.5, 0.6) is 11.5 Å². The van der Waals surface area contributed by atoms with Gasteiger partial charge in [0.05, 0.1) is 14.2 Å². The molecular weight excluding hydrogens is 310 g/mol. The molecule has 0 atom stereocenters. The van der Waals surface area contributed by atoms with Gasteiger partial charge in [-0.2, -0.15) is 0 Å². The Balaban J connectivity index is 2.13. The number of carboxylic acid groups (broad SMARTS) is 1. The molecule has 0 bridgehead atoms. The number of carbonyl (C=O) groups is 2. The highest BCUT2D eigenvalue weighted by Crippen LogP contribution is 2.29. The van der Waals surface area contributed by atoms with Crippen LogP contribution in [0, 0.1) is 0 Å². The molecule has 0 spiro atoms. The number of carbonyl (C=O) groups excluding carboxylic acids is 1. The summed E-state index contributed by atoms with van der Waals surface area (Å²) < 4.78 is 10.4. The van der Waals surface area contributed by atoms with E-state index in [2.05, 4.69) is 5.32 Å². The zero-order valence-electron chi connectivity index (χ0n) is 14.0. The fourth-order valence-corrected chi connectivity index (χ4v) is 2.96. The maximum Gasteiger partial charge on any atom is 0.329 e. The molecule has 0 radical (unpaired) electrons. The maximum absolute atomic E-state index is 12.2. The molecule has 24 heavy (non-hydrogen) atoms. The smallest absolute Gasteiger partial charge is 0.329 e. The fraction of sp³-hybridized carbons (Fsp3) is 0.444. The standard InChI is InChI=1S/C18H23NO5/c1-23-14-7-8-15(24-2)13(12-14)6-9-16(20)19-18(17(21)22)10-4-3-5-11-18/h6-9,12H,3-5,10-11H2,1-2H3,(H,19,20)(H,21,22)/b9-6-. The van der Waals surface area contributed by atoms with Gasteiger partial charge in [0, 0.05) is 11.6 Å². The third-order valence-electron chi connectivity index (χ3n) is 4.33. The molecule has 1 aromatic rings. The van der Waals surface area contributed by atoms with Crippen LogP contribution >= 0.6 is 0 Å². The van der Waals surface area contributed by atoms with Gasteiger partial charge in [0.1, 0.15) is 17.0 Å². The predicted octanol–water partition coefficient (Wildman–Crippen LogP) is 2.62. The van der Waals surface area contributed by atoms with E-state index in [4.69, 9.17) is 9.47 Å². The van der Waals surface area contributed by atoms with E-state index in [0.717, 1.165) is 19.3 Å². The van der Waals surface area contributed by atoms with Gasteiger partial charge >= 0.3 is 5.97 Å². The molecule has 6 heteroatoms. The minimum Gasteiger partial charge on any atom is -0.497 e. The van der Waals surface area contributed by atoms with Gasteiger partial charge in [-0.1, -0.05) is 19.3 Å². The molecule has 2 rings (SSSR count). The Kier molecular flexibility index (Phi) is 5.84. The van der Waals surface area contributed by atoms with E-state index in [0.29, 0.717) is 29.9 Å². The SMILES string of the molecule is COc1ccc(OC)c(/C=C\C(=O)NC2(C(=O)O)CCCCC2)c1. The van der Waals surface area contributed by atoms with Crippen LogP contribution in [0.3, 0.4) is 0 Å². The Bertz CT molecular complexity index is 632. The average Bonchev–Trinajstić information content (AvgIpc) is 2.60. The quantitative estimate of drug-likeness (QED) is 0.782. The number of aliphatic carboxylic acids is 1. The van der Waals surface area contributed by atoms with E-state index < -0.39 is 17.4 Å². The van der Waals surface area contributed by atoms with Crippen molar-refractivity contribution in [2.75, 3.05) is 14.2 Å². The fourth-order valence-electron chi connectivity index (χ4n) is 2.96. The van der Waals surface area contributed by atoms with E-state index in [1.54, 1.807) is 38.5 Å². The van der Waals surface area contributed by atoms with Gasteiger partial charge in [-0.05, 0) is 37.1 Å². The summed E-state index contributed by atoms with van der Waals surface area (Å²) in [6, 6.07) is 5.25. The summed E-state index contributed by atoms with van der Waals surface area (Å²) in [6.07, 6.45) is 6.46. The normalized spacial score (nSPS) is 16.6. The summed E-state index contributed by atoms with van der Waals surface area (Å²) >= 11 is 0. The number of methoxy groups -OCH3 is 2. The van der Waals surface area contributed by atoms with E-state index >= 15 is 0 Å². The molecule has 0 heterocycles. The predicted molar refractivity (Wildman–Crippen MR) is 90.2 cm³/mol. The lowest BCUT2D eigenvalue weighted by atomic mass is 9.81. The summed E-state index contributed by atoms with van der Waals surface area (Å²) in [7, 11) is 3.10. The highest BCUT2D eigenvalue weighted by atomic mass is 16.5. The van der Waals surface area contributed by atoms with Crippen molar-refractivity contribution >= 4 is 18.0 Å². The number of rotatable bonds is 6. The molecule has 1 aromatic carbocycles. The van der Waals surface area contributed by atoms with Gasteiger partial charge in [0.15, 0.2) is 0 Å². The van der Waals surface area contributed by atoms with Crippen LogP contribution in [-0.4, -0.2) is 36.7 Å². The lowest BCUT2D eigenvalue weighted by molar-refractivity contribution is -0.148. The van der Waals surface area contributed by atoms with Crippen molar-refractivity contribution < 1.29 is 24.2 Å². The Morgan fingerprint density at radius 2 is 1.88 bits per heavy atom. The highest BCUT2D eigenvalue weighted by molar-refractivity contribution is 5.96. The number of hydrogen-bond acceptors (Lipinski definition) is 4. The number of benzene rings is 1. The third kappa shape index (κ3) is 4.07. The first-order valence-corrected chi connectivity index (χ1v) is 7.96. The highest BCUT2D eigenvalue weighted by Gasteiger charge is 2.40. The van der Waals surface area contributed by atoms with Crippen molar-refractivity contribution in [2.24, 2.45) is 0 Å². The summed E-state index contributed by atoms with van der Waals surface area (Å²) in [6.45, 7) is 0. The molecule has 1 amide bonds. The topological polar surface area (TPSA) is 84.9 Å². The molecule has 0 aromatic heterocycles. The minimum absolute atomic E-state index is 0.427. The number of hydrogen-bond donors (Lipinski definition) is 2. The van der Waals surface area contributed by atoms with Crippen molar-refractivity contribution in [2.45, 2.75) is 37.6 Å². The third-order valence-corrected chi connectivity index (χ3v) is 4.33. The van der Waals surface area contributed by atoms with Gasteiger partial charge < -0.3 is 19.9 Å². The largest absolute Gasteiger partial charge is 0.497 e. The molecule has 1 aliphatic rings. The van der Waals surface area contributed by atoms with Crippen molar-refractivity contribution in [3.05, 3.63) is 29.8 Å². The zero-order valence-corrected chi connectivity index (χ0v) is 14.0. The van der Waals surface area contributed by atoms with Crippen molar-refractivity contribution in [3.8, 4) is 11.5 Å². The molecule has 0 saturated heterocycles. The van der Waals surface area contributed by atoms with Crippen molar-refractivity contribution in [1.82, 2.24) is 5.32 Å². The molecule has 0 aliphatic heterocycles. The van der Waals surface area contributed by atoms with E-state index in [-0.39, 0.29) is 0 Å². The first-order chi connectivity index (χ1) is 11.5. The van der Waals surface area contributed by atoms with Gasteiger partial charge in [-0.3, -0.25) is 4.79 Å². The second-order valence-corrected chi connectivity index (χ2v) is 5.88. The van der Waals surface area contributed by atoms with Gasteiger partial charge in [0.25, 0.3) is 0 Å². The van der Waals surface area contributed by atoms with E-state index in [1.807, 2.05) is 0 Å². The second kappa shape index (κ2) is 7.86. The summed E-state index contributed by atoms with van der Waals surface area (Å²) in [4.78, 5) is 23.8. The number of ether oxygens (including phenoxy) is 2. The van der Waals surface area contributed by atoms with Gasteiger partial charge in [0.2, 0.25) is 5.91 Å². The first kappa shape index (κ1) is 17.8. The Hall–Kier alpha value is -2.50. The van der Waals surface area contributed by atoms with E-state index in [1.165, 1.54) is 6.08 Å². The molecule has 1 fully saturated rings. The monoisotopic (exact) mass is 333 g/mol. The van der Waals surface area contributed by atoms with Crippen LogP contribution in [-0.2, 0) is 9.59 Å². The second-order valence-electron chi connectivity index (χ2n) is 5.88. The number of amides is 1. The molecule has 6 nitrogen and oxygen atoms in total. The first-order valence-electron chi connectivity index (χ1n) is 7.96. The molecule has 130 valence electrons.